The van der Waals surface area contributed by atoms with Crippen molar-refractivity contribution in [3.05, 3.63) is 191 Å². The van der Waals surface area contributed by atoms with Crippen LogP contribution in [-0.4, -0.2) is 16.7 Å². The highest BCUT2D eigenvalue weighted by atomic mass is 19.4. The topological polar surface area (TPSA) is 64.6 Å². The smallest absolute Gasteiger partial charge is 0.354 e. The van der Waals surface area contributed by atoms with Gasteiger partial charge in [0.05, 0.1) is 22.5 Å². The Balaban J connectivity index is 1.33. The summed E-state index contributed by atoms with van der Waals surface area (Å²) in [5.41, 5.74) is 4.01. The van der Waals surface area contributed by atoms with E-state index in [1.807, 2.05) is 60.7 Å². The molecular formula is C40H27F6N5. The molecule has 254 valence electrons. The van der Waals surface area contributed by atoms with E-state index in [9.17, 15) is 26.3 Å². The van der Waals surface area contributed by atoms with Crippen molar-refractivity contribution in [1.82, 2.24) is 4.98 Å². The van der Waals surface area contributed by atoms with Gasteiger partial charge in [0.25, 0.3) is 0 Å². The molecule has 0 unspecified atom stereocenters. The summed E-state index contributed by atoms with van der Waals surface area (Å²) in [7, 11) is 0. The number of benzene rings is 4. The van der Waals surface area contributed by atoms with Crippen LogP contribution in [0.3, 0.4) is 0 Å². The average molecular weight is 692 g/mol. The summed E-state index contributed by atoms with van der Waals surface area (Å²) in [4.78, 5) is 12.9. The van der Waals surface area contributed by atoms with Crippen LogP contribution >= 0.6 is 0 Å². The molecule has 0 fully saturated rings. The molecule has 1 aromatic heterocycles. The van der Waals surface area contributed by atoms with Crippen LogP contribution in [0.5, 0.6) is 0 Å². The summed E-state index contributed by atoms with van der Waals surface area (Å²) in [6, 6.07) is 31.9. The van der Waals surface area contributed by atoms with Gasteiger partial charge >= 0.3 is 12.4 Å². The second-order valence-corrected chi connectivity index (χ2v) is 11.6. The fourth-order valence-electron chi connectivity index (χ4n) is 5.70. The van der Waals surface area contributed by atoms with Crippen LogP contribution < -0.4 is 10.6 Å². The van der Waals surface area contributed by atoms with Crippen molar-refractivity contribution < 1.29 is 26.3 Å². The van der Waals surface area contributed by atoms with Crippen molar-refractivity contribution in [1.29, 1.82) is 0 Å². The number of para-hydroxylation sites is 2. The van der Waals surface area contributed by atoms with Crippen LogP contribution in [0.2, 0.25) is 0 Å². The molecule has 0 amide bonds. The van der Waals surface area contributed by atoms with Crippen molar-refractivity contribution in [3.8, 4) is 0 Å². The van der Waals surface area contributed by atoms with Crippen LogP contribution in [0.4, 0.5) is 37.7 Å². The Morgan fingerprint density at radius 3 is 1.18 bits per heavy atom. The summed E-state index contributed by atoms with van der Waals surface area (Å²) in [6.07, 6.45) is -1.97. The van der Waals surface area contributed by atoms with Gasteiger partial charge in [-0.05, 0) is 96.1 Å². The molecule has 3 N–H and O–H groups in total. The number of nitrogens with zero attached hydrogens (tertiary/aromatic N) is 2. The Hall–Kier alpha value is -6.36. The van der Waals surface area contributed by atoms with Crippen LogP contribution in [0.15, 0.2) is 167 Å². The van der Waals surface area contributed by atoms with E-state index in [0.29, 0.717) is 56.7 Å². The zero-order valence-electron chi connectivity index (χ0n) is 26.5. The summed E-state index contributed by atoms with van der Waals surface area (Å²) < 4.78 is 81.0. The highest BCUT2D eigenvalue weighted by molar-refractivity contribution is 6.09. The maximum atomic E-state index is 13.5. The molecular weight excluding hydrogens is 664 g/mol. The maximum Gasteiger partial charge on any atom is 0.416 e. The third kappa shape index (κ3) is 7.47. The van der Waals surface area contributed by atoms with E-state index in [1.54, 1.807) is 36.4 Å². The van der Waals surface area contributed by atoms with Gasteiger partial charge in [0.2, 0.25) is 0 Å². The maximum absolute atomic E-state index is 13.5. The molecule has 2 aliphatic rings. The van der Waals surface area contributed by atoms with E-state index in [0.717, 1.165) is 35.6 Å². The monoisotopic (exact) mass is 691 g/mol. The quantitative estimate of drug-likeness (QED) is 0.155. The molecule has 7 rings (SSSR count). The summed E-state index contributed by atoms with van der Waals surface area (Å²) >= 11 is 0. The molecule has 11 heteroatoms. The molecule has 0 atom stereocenters. The number of halogens is 6. The predicted molar refractivity (Wildman–Crippen MR) is 189 cm³/mol. The lowest BCUT2D eigenvalue weighted by atomic mass is 9.99. The number of aliphatic imine (C=N–C) groups is 2. The highest BCUT2D eigenvalue weighted by Crippen LogP contribution is 2.37. The van der Waals surface area contributed by atoms with Crippen molar-refractivity contribution in [2.75, 3.05) is 10.6 Å². The third-order valence-corrected chi connectivity index (χ3v) is 8.11. The first-order valence-corrected chi connectivity index (χ1v) is 15.7. The third-order valence-electron chi connectivity index (χ3n) is 8.11. The summed E-state index contributed by atoms with van der Waals surface area (Å²) in [5, 5.41) is 6.46. The first-order chi connectivity index (χ1) is 24.5. The Morgan fingerprint density at radius 1 is 0.451 bits per heavy atom. The Morgan fingerprint density at radius 2 is 0.824 bits per heavy atom. The summed E-state index contributed by atoms with van der Waals surface area (Å²) in [6.45, 7) is 0. The molecule has 4 aromatic carbocycles. The molecule has 5 nitrogen and oxygen atoms in total. The van der Waals surface area contributed by atoms with E-state index in [-0.39, 0.29) is 0 Å². The van der Waals surface area contributed by atoms with Gasteiger partial charge in [0.15, 0.2) is 0 Å². The molecule has 0 spiro atoms. The predicted octanol–water partition coefficient (Wildman–Crippen LogP) is 10.7. The van der Waals surface area contributed by atoms with Crippen LogP contribution in [-0.2, 0) is 12.4 Å². The molecule has 5 aromatic rings. The lowest BCUT2D eigenvalue weighted by molar-refractivity contribution is -0.138. The van der Waals surface area contributed by atoms with Gasteiger partial charge in [-0.25, -0.2) is 9.98 Å². The number of H-pyrrole nitrogens is 1. The van der Waals surface area contributed by atoms with E-state index in [4.69, 9.17) is 9.98 Å². The SMILES string of the molecule is FC(F)(F)c1ccc(/C(=C2\C=CC(Nc3ccccc3)=N2)c2ccc(/C(=C3/C=CC(Nc4ccccc4)=N3)c3ccc(C(F)(F)F)cc3)[nH]2)cc1. The van der Waals surface area contributed by atoms with Crippen LogP contribution in [0.25, 0.3) is 11.1 Å². The van der Waals surface area contributed by atoms with Gasteiger partial charge < -0.3 is 15.6 Å². The number of rotatable bonds is 6. The number of aromatic amines is 1. The van der Waals surface area contributed by atoms with Gasteiger partial charge in [-0.15, -0.1) is 0 Å². The van der Waals surface area contributed by atoms with Crippen molar-refractivity contribution in [2.24, 2.45) is 9.98 Å². The number of anilines is 2. The van der Waals surface area contributed by atoms with E-state index < -0.39 is 23.5 Å². The molecule has 0 bridgehead atoms. The molecule has 3 heterocycles. The van der Waals surface area contributed by atoms with E-state index >= 15 is 0 Å². The molecule has 0 saturated carbocycles. The fourth-order valence-corrected chi connectivity index (χ4v) is 5.70. The zero-order valence-corrected chi connectivity index (χ0v) is 26.5. The standard InChI is InChI=1S/C40H27F6N5/c41-39(42,43)27-15-11-25(12-16-27)37(33-21-23-35(50-33)47-29-7-3-1-4-8-29)31-19-20-32(49-31)38(26-13-17-28(18-14-26)40(44,45)46)34-22-24-36(51-34)48-30-9-5-2-6-10-30/h1-24,49H,(H,47,50)(H,48,51)/b37-33-,38-34-. The normalized spacial score (nSPS) is 16.2. The Labute approximate surface area is 288 Å². The molecule has 0 aliphatic carbocycles. The molecule has 2 aliphatic heterocycles. The second-order valence-electron chi connectivity index (χ2n) is 11.6. The first-order valence-electron chi connectivity index (χ1n) is 15.7. The van der Waals surface area contributed by atoms with Gasteiger partial charge in [-0.2, -0.15) is 26.3 Å². The minimum Gasteiger partial charge on any atom is -0.354 e. The van der Waals surface area contributed by atoms with E-state index in [1.165, 1.54) is 24.3 Å². The average Bonchev–Trinajstić information content (AvgIpc) is 3.89. The molecule has 0 radical (unpaired) electrons. The number of aromatic nitrogens is 1. The number of hydrogen-bond donors (Lipinski definition) is 3. The Kier molecular flexibility index (Phi) is 8.78. The Bertz CT molecular complexity index is 2080. The number of alkyl halides is 6. The van der Waals surface area contributed by atoms with Crippen molar-refractivity contribution in [2.45, 2.75) is 12.4 Å². The lowest BCUT2D eigenvalue weighted by Gasteiger charge is -2.13. The fraction of sp³-hybridized carbons (Fsp3) is 0.0500. The largest absolute Gasteiger partial charge is 0.416 e. The van der Waals surface area contributed by atoms with Crippen LogP contribution in [0.1, 0.15) is 33.6 Å². The van der Waals surface area contributed by atoms with Crippen molar-refractivity contribution in [3.63, 3.8) is 0 Å². The van der Waals surface area contributed by atoms with Crippen molar-refractivity contribution >= 4 is 34.2 Å². The number of allylic oxidation sites excluding steroid dienone is 2. The molecule has 0 saturated heterocycles. The van der Waals surface area contributed by atoms with Gasteiger partial charge in [-0.1, -0.05) is 60.7 Å². The number of amidine groups is 2. The zero-order chi connectivity index (χ0) is 35.6. The van der Waals surface area contributed by atoms with Gasteiger partial charge in [-0.3, -0.25) is 0 Å². The summed E-state index contributed by atoms with van der Waals surface area (Å²) in [5.74, 6) is 1.06. The molecule has 51 heavy (non-hydrogen) atoms. The lowest BCUT2D eigenvalue weighted by Crippen LogP contribution is -2.06. The minimum atomic E-state index is -4.52. The van der Waals surface area contributed by atoms with E-state index in [2.05, 4.69) is 15.6 Å². The van der Waals surface area contributed by atoms with Gasteiger partial charge in [0, 0.05) is 33.9 Å². The number of nitrogens with one attached hydrogen (secondary N) is 3. The van der Waals surface area contributed by atoms with Gasteiger partial charge in [0.1, 0.15) is 11.7 Å². The minimum absolute atomic E-state index is 0.470. The first kappa shape index (κ1) is 33.2. The second kappa shape index (κ2) is 13.5. The number of hydrogen-bond acceptors (Lipinski definition) is 4. The van der Waals surface area contributed by atoms with Crippen LogP contribution in [0, 0.1) is 0 Å². The highest BCUT2D eigenvalue weighted by Gasteiger charge is 2.31.